The van der Waals surface area contributed by atoms with Gasteiger partial charge in [0.05, 0.1) is 13.0 Å². The Labute approximate surface area is 149 Å². The Morgan fingerprint density at radius 2 is 1.96 bits per heavy atom. The van der Waals surface area contributed by atoms with Crippen LogP contribution >= 0.6 is 0 Å². The van der Waals surface area contributed by atoms with Crippen molar-refractivity contribution in [3.8, 4) is 17.2 Å². The van der Waals surface area contributed by atoms with E-state index < -0.39 is 23.7 Å². The van der Waals surface area contributed by atoms with Crippen molar-refractivity contribution in [3.05, 3.63) is 53.3 Å². The average Bonchev–Trinajstić information content (AvgIpc) is 3.27. The number of benzene rings is 2. The molecule has 3 atom stereocenters. The number of hydrogen-bond donors (Lipinski definition) is 2. The smallest absolute Gasteiger partial charge is 0.309 e. The molecule has 2 N–H and O–H groups in total. The van der Waals surface area contributed by atoms with Crippen LogP contribution in [0.2, 0.25) is 0 Å². The monoisotopic (exact) mass is 359 g/mol. The molecule has 6 nitrogen and oxygen atoms in total. The summed E-state index contributed by atoms with van der Waals surface area (Å²) in [5.74, 6) is -1.04. The molecule has 26 heavy (non-hydrogen) atoms. The van der Waals surface area contributed by atoms with Crippen molar-refractivity contribution < 1.29 is 28.5 Å². The summed E-state index contributed by atoms with van der Waals surface area (Å²) in [6, 6.07) is 9.50. The Kier molecular flexibility index (Phi) is 4.16. The standard InChI is InChI=1S/C19H18FNO5/c1-24-14-4-3-11(6-13(14)20)18-17(19(22)23)12(8-21-18)10-2-5-15-16(7-10)26-9-25-15/h2-7,12,17-18,21H,8-9H2,1H3,(H,22,23). The van der Waals surface area contributed by atoms with E-state index in [1.807, 2.05) is 12.1 Å². The average molecular weight is 359 g/mol. The molecule has 2 aliphatic rings. The molecule has 2 aromatic rings. The number of hydrogen-bond acceptors (Lipinski definition) is 5. The lowest BCUT2D eigenvalue weighted by Gasteiger charge is -2.21. The maximum absolute atomic E-state index is 14.1. The van der Waals surface area contributed by atoms with E-state index in [-0.39, 0.29) is 18.5 Å². The lowest BCUT2D eigenvalue weighted by Crippen LogP contribution is -2.25. The predicted octanol–water partition coefficient (Wildman–Crippen LogP) is 2.69. The van der Waals surface area contributed by atoms with E-state index in [9.17, 15) is 14.3 Å². The summed E-state index contributed by atoms with van der Waals surface area (Å²) in [5.41, 5.74) is 1.43. The van der Waals surface area contributed by atoms with Crippen molar-refractivity contribution in [2.45, 2.75) is 12.0 Å². The molecule has 4 rings (SSSR count). The molecule has 7 heteroatoms. The first-order valence-corrected chi connectivity index (χ1v) is 8.27. The van der Waals surface area contributed by atoms with Crippen molar-refractivity contribution in [3.63, 3.8) is 0 Å². The number of carboxylic acid groups (broad SMARTS) is 1. The summed E-state index contributed by atoms with van der Waals surface area (Å²) in [5, 5.41) is 13.1. The van der Waals surface area contributed by atoms with E-state index in [1.54, 1.807) is 12.1 Å². The van der Waals surface area contributed by atoms with E-state index in [0.717, 1.165) is 5.56 Å². The number of nitrogens with one attached hydrogen (secondary N) is 1. The molecule has 0 aromatic heterocycles. The number of carboxylic acids is 1. The van der Waals surface area contributed by atoms with E-state index in [4.69, 9.17) is 14.2 Å². The number of methoxy groups -OCH3 is 1. The van der Waals surface area contributed by atoms with E-state index >= 15 is 0 Å². The van der Waals surface area contributed by atoms with Crippen LogP contribution in [0.4, 0.5) is 4.39 Å². The van der Waals surface area contributed by atoms with Crippen molar-refractivity contribution >= 4 is 5.97 Å². The van der Waals surface area contributed by atoms with Crippen molar-refractivity contribution in [1.82, 2.24) is 5.32 Å². The second-order valence-electron chi connectivity index (χ2n) is 6.36. The fourth-order valence-electron chi connectivity index (χ4n) is 3.73. The minimum absolute atomic E-state index is 0.131. The quantitative estimate of drug-likeness (QED) is 0.874. The number of fused-ring (bicyclic) bond motifs is 1. The zero-order valence-electron chi connectivity index (χ0n) is 14.1. The molecule has 0 aliphatic carbocycles. The Morgan fingerprint density at radius 1 is 1.19 bits per heavy atom. The van der Waals surface area contributed by atoms with Crippen LogP contribution in [0.15, 0.2) is 36.4 Å². The van der Waals surface area contributed by atoms with Crippen LogP contribution in [-0.4, -0.2) is 31.5 Å². The van der Waals surface area contributed by atoms with Crippen LogP contribution in [0.3, 0.4) is 0 Å². The molecule has 0 saturated carbocycles. The highest BCUT2D eigenvalue weighted by atomic mass is 19.1. The van der Waals surface area contributed by atoms with E-state index in [1.165, 1.54) is 19.2 Å². The Bertz CT molecular complexity index is 856. The first kappa shape index (κ1) is 16.7. The Morgan fingerprint density at radius 3 is 2.69 bits per heavy atom. The summed E-state index contributed by atoms with van der Waals surface area (Å²) in [6.07, 6.45) is 0. The van der Waals surface area contributed by atoms with Gasteiger partial charge >= 0.3 is 5.97 Å². The molecule has 2 heterocycles. The van der Waals surface area contributed by atoms with Gasteiger partial charge in [0.2, 0.25) is 6.79 Å². The minimum Gasteiger partial charge on any atom is -0.494 e. The van der Waals surface area contributed by atoms with Crippen molar-refractivity contribution in [2.24, 2.45) is 5.92 Å². The molecule has 136 valence electrons. The van der Waals surface area contributed by atoms with Crippen LogP contribution < -0.4 is 19.5 Å². The van der Waals surface area contributed by atoms with Crippen LogP contribution in [0.5, 0.6) is 17.2 Å². The fourth-order valence-corrected chi connectivity index (χ4v) is 3.73. The van der Waals surface area contributed by atoms with Gasteiger partial charge in [-0.1, -0.05) is 12.1 Å². The third kappa shape index (κ3) is 2.74. The summed E-state index contributed by atoms with van der Waals surface area (Å²) < 4.78 is 29.7. The maximum atomic E-state index is 14.1. The van der Waals surface area contributed by atoms with Crippen LogP contribution in [0.25, 0.3) is 0 Å². The van der Waals surface area contributed by atoms with E-state index in [2.05, 4.69) is 5.32 Å². The van der Waals surface area contributed by atoms with Gasteiger partial charge in [-0.2, -0.15) is 0 Å². The lowest BCUT2D eigenvalue weighted by molar-refractivity contribution is -0.142. The van der Waals surface area contributed by atoms with Gasteiger partial charge in [-0.15, -0.1) is 0 Å². The molecular weight excluding hydrogens is 341 g/mol. The van der Waals surface area contributed by atoms with Crippen molar-refractivity contribution in [2.75, 3.05) is 20.4 Å². The summed E-state index contributed by atoms with van der Waals surface area (Å²) in [7, 11) is 1.39. The Balaban J connectivity index is 1.66. The highest BCUT2D eigenvalue weighted by Gasteiger charge is 2.43. The number of rotatable bonds is 4. The van der Waals surface area contributed by atoms with Gasteiger partial charge in [0.1, 0.15) is 0 Å². The number of ether oxygens (including phenoxy) is 3. The first-order chi connectivity index (χ1) is 12.6. The summed E-state index contributed by atoms with van der Waals surface area (Å²) in [6.45, 7) is 0.632. The van der Waals surface area contributed by atoms with Crippen LogP contribution in [-0.2, 0) is 4.79 Å². The third-order valence-electron chi connectivity index (χ3n) is 5.00. The normalized spacial score (nSPS) is 23.8. The van der Waals surface area contributed by atoms with Gasteiger partial charge in [-0.3, -0.25) is 4.79 Å². The predicted molar refractivity (Wildman–Crippen MR) is 90.1 cm³/mol. The number of carbonyl (C=O) groups is 1. The number of aliphatic carboxylic acids is 1. The number of halogens is 1. The van der Waals surface area contributed by atoms with Crippen molar-refractivity contribution in [1.29, 1.82) is 0 Å². The fraction of sp³-hybridized carbons (Fsp3) is 0.316. The molecule has 1 fully saturated rings. The van der Waals surface area contributed by atoms with Crippen LogP contribution in [0.1, 0.15) is 23.1 Å². The van der Waals surface area contributed by atoms with Crippen LogP contribution in [0, 0.1) is 11.7 Å². The summed E-state index contributed by atoms with van der Waals surface area (Å²) >= 11 is 0. The SMILES string of the molecule is COc1ccc(C2NCC(c3ccc4c(c3)OCO4)C2C(=O)O)cc1F. The Hall–Kier alpha value is -2.80. The molecule has 2 aliphatic heterocycles. The highest BCUT2D eigenvalue weighted by molar-refractivity contribution is 5.74. The zero-order chi connectivity index (χ0) is 18.3. The minimum atomic E-state index is -0.932. The first-order valence-electron chi connectivity index (χ1n) is 8.27. The second kappa shape index (κ2) is 6.49. The highest BCUT2D eigenvalue weighted by Crippen LogP contribution is 2.43. The van der Waals surface area contributed by atoms with Gasteiger partial charge in [0.15, 0.2) is 23.1 Å². The lowest BCUT2D eigenvalue weighted by atomic mass is 9.83. The van der Waals surface area contributed by atoms with Gasteiger partial charge < -0.3 is 24.6 Å². The molecule has 0 spiro atoms. The van der Waals surface area contributed by atoms with Gasteiger partial charge in [-0.05, 0) is 35.4 Å². The van der Waals surface area contributed by atoms with Gasteiger partial charge in [0.25, 0.3) is 0 Å². The topological polar surface area (TPSA) is 77.0 Å². The maximum Gasteiger partial charge on any atom is 0.309 e. The largest absolute Gasteiger partial charge is 0.494 e. The second-order valence-corrected chi connectivity index (χ2v) is 6.36. The van der Waals surface area contributed by atoms with Gasteiger partial charge in [-0.25, -0.2) is 4.39 Å². The zero-order valence-corrected chi connectivity index (χ0v) is 14.1. The van der Waals surface area contributed by atoms with Gasteiger partial charge in [0, 0.05) is 18.5 Å². The molecule has 1 saturated heterocycles. The molecule has 0 radical (unpaired) electrons. The molecule has 0 amide bonds. The third-order valence-corrected chi connectivity index (χ3v) is 5.00. The molecule has 2 aromatic carbocycles. The molecular formula is C19H18FNO5. The van der Waals surface area contributed by atoms with E-state index in [0.29, 0.717) is 23.6 Å². The summed E-state index contributed by atoms with van der Waals surface area (Å²) in [4.78, 5) is 12.0. The molecule has 0 bridgehead atoms. The molecule has 3 unspecified atom stereocenters.